The number of rotatable bonds is 6. The summed E-state index contributed by atoms with van der Waals surface area (Å²) in [4.78, 5) is 7.95. The van der Waals surface area contributed by atoms with Gasteiger partial charge in [-0.1, -0.05) is 42.5 Å². The van der Waals surface area contributed by atoms with Crippen LogP contribution in [0.4, 0.5) is 11.4 Å². The zero-order chi connectivity index (χ0) is 17.5. The number of nitrogens with zero attached hydrogens (tertiary/aromatic N) is 2. The highest BCUT2D eigenvalue weighted by Gasteiger charge is 1.97. The summed E-state index contributed by atoms with van der Waals surface area (Å²) >= 11 is 1.85. The maximum atomic E-state index is 4.56. The average Bonchev–Trinajstić information content (AvgIpc) is 2.67. The number of benzene rings is 3. The number of hydrogen-bond acceptors (Lipinski definition) is 3. The second-order valence-corrected chi connectivity index (χ2v) is 7.06. The fourth-order valence-corrected chi connectivity index (χ4v) is 3.24. The SMILES string of the molecule is CN(C)c1ccc(C=Nc2ccc(CSc3ccccc3)cc2)cc1. The zero-order valence-corrected chi connectivity index (χ0v) is 15.4. The average molecular weight is 346 g/mol. The third kappa shape index (κ3) is 5.23. The van der Waals surface area contributed by atoms with Gasteiger partial charge >= 0.3 is 0 Å². The Hall–Kier alpha value is -2.52. The van der Waals surface area contributed by atoms with Gasteiger partial charge < -0.3 is 4.90 Å². The van der Waals surface area contributed by atoms with Gasteiger partial charge in [0.15, 0.2) is 0 Å². The highest BCUT2D eigenvalue weighted by Crippen LogP contribution is 2.23. The van der Waals surface area contributed by atoms with E-state index in [1.807, 2.05) is 38.1 Å². The van der Waals surface area contributed by atoms with E-state index < -0.39 is 0 Å². The summed E-state index contributed by atoms with van der Waals surface area (Å²) in [6.07, 6.45) is 1.91. The number of thioether (sulfide) groups is 1. The van der Waals surface area contributed by atoms with Crippen LogP contribution >= 0.6 is 11.8 Å². The Morgan fingerprint density at radius 1 is 0.840 bits per heavy atom. The van der Waals surface area contributed by atoms with Crippen LogP contribution in [0.3, 0.4) is 0 Å². The van der Waals surface area contributed by atoms with Crippen molar-refractivity contribution in [2.45, 2.75) is 10.6 Å². The summed E-state index contributed by atoms with van der Waals surface area (Å²) in [5, 5.41) is 0. The molecule has 0 heterocycles. The largest absolute Gasteiger partial charge is 0.378 e. The molecular weight excluding hydrogens is 324 g/mol. The molecule has 0 saturated heterocycles. The van der Waals surface area contributed by atoms with Crippen molar-refractivity contribution in [1.82, 2.24) is 0 Å². The molecule has 0 spiro atoms. The van der Waals surface area contributed by atoms with E-state index in [9.17, 15) is 0 Å². The van der Waals surface area contributed by atoms with Crippen molar-refractivity contribution >= 4 is 29.4 Å². The van der Waals surface area contributed by atoms with Crippen molar-refractivity contribution in [3.05, 3.63) is 90.0 Å². The smallest absolute Gasteiger partial charge is 0.0630 e. The summed E-state index contributed by atoms with van der Waals surface area (Å²) in [7, 11) is 4.08. The minimum atomic E-state index is 0.972. The Balaban J connectivity index is 1.58. The molecule has 0 atom stereocenters. The third-order valence-corrected chi connectivity index (χ3v) is 4.94. The third-order valence-electron chi connectivity index (χ3n) is 3.86. The van der Waals surface area contributed by atoms with Gasteiger partial charge in [-0.25, -0.2) is 0 Å². The number of anilines is 1. The Kier molecular flexibility index (Phi) is 5.91. The molecule has 25 heavy (non-hydrogen) atoms. The molecule has 0 fully saturated rings. The molecule has 0 aliphatic carbocycles. The fourth-order valence-electron chi connectivity index (χ4n) is 2.37. The van der Waals surface area contributed by atoms with Gasteiger partial charge in [0.05, 0.1) is 5.69 Å². The van der Waals surface area contributed by atoms with E-state index >= 15 is 0 Å². The van der Waals surface area contributed by atoms with Crippen molar-refractivity contribution in [1.29, 1.82) is 0 Å². The Labute approximate surface area is 154 Å². The first-order valence-electron chi connectivity index (χ1n) is 8.29. The lowest BCUT2D eigenvalue weighted by atomic mass is 10.2. The molecule has 0 aromatic heterocycles. The summed E-state index contributed by atoms with van der Waals surface area (Å²) in [6, 6.07) is 27.3. The first-order valence-corrected chi connectivity index (χ1v) is 9.27. The van der Waals surface area contributed by atoms with Crippen LogP contribution in [0, 0.1) is 0 Å². The minimum absolute atomic E-state index is 0.972. The van der Waals surface area contributed by atoms with E-state index in [0.717, 1.165) is 17.0 Å². The molecule has 0 saturated carbocycles. The fraction of sp³-hybridized carbons (Fsp3) is 0.136. The van der Waals surface area contributed by atoms with Crippen molar-refractivity contribution in [3.8, 4) is 0 Å². The molecule has 0 radical (unpaired) electrons. The van der Waals surface area contributed by atoms with Gasteiger partial charge in [-0.3, -0.25) is 4.99 Å². The van der Waals surface area contributed by atoms with Crippen molar-refractivity contribution in [3.63, 3.8) is 0 Å². The maximum Gasteiger partial charge on any atom is 0.0630 e. The Bertz CT molecular complexity index is 807. The summed E-state index contributed by atoms with van der Waals surface area (Å²) < 4.78 is 0. The van der Waals surface area contributed by atoms with Crippen LogP contribution in [0.2, 0.25) is 0 Å². The lowest BCUT2D eigenvalue weighted by molar-refractivity contribution is 1.13. The van der Waals surface area contributed by atoms with Gasteiger partial charge in [0.25, 0.3) is 0 Å². The monoisotopic (exact) mass is 346 g/mol. The summed E-state index contributed by atoms with van der Waals surface area (Å²) in [5.74, 6) is 0.972. The standard InChI is InChI=1S/C22H22N2S/c1-24(2)21-14-10-18(11-15-21)16-23-20-12-8-19(9-13-20)17-25-22-6-4-3-5-7-22/h3-16H,17H2,1-2H3. The van der Waals surface area contributed by atoms with E-state index in [2.05, 4.69) is 82.7 Å². The van der Waals surface area contributed by atoms with E-state index in [1.165, 1.54) is 16.1 Å². The molecule has 0 N–H and O–H groups in total. The van der Waals surface area contributed by atoms with Crippen LogP contribution in [-0.4, -0.2) is 20.3 Å². The molecule has 0 unspecified atom stereocenters. The topological polar surface area (TPSA) is 15.6 Å². The lowest BCUT2D eigenvalue weighted by Gasteiger charge is -2.11. The maximum absolute atomic E-state index is 4.56. The van der Waals surface area contributed by atoms with E-state index in [4.69, 9.17) is 0 Å². The highest BCUT2D eigenvalue weighted by molar-refractivity contribution is 7.98. The number of hydrogen-bond donors (Lipinski definition) is 0. The van der Waals surface area contributed by atoms with Crippen molar-refractivity contribution in [2.75, 3.05) is 19.0 Å². The first kappa shape index (κ1) is 17.3. The molecular formula is C22H22N2S. The van der Waals surface area contributed by atoms with Crippen LogP contribution < -0.4 is 4.90 Å². The molecule has 0 aliphatic rings. The van der Waals surface area contributed by atoms with Crippen LogP contribution in [0.25, 0.3) is 0 Å². The molecule has 3 aromatic carbocycles. The van der Waals surface area contributed by atoms with Gasteiger partial charge in [-0.15, -0.1) is 11.8 Å². The molecule has 0 aliphatic heterocycles. The van der Waals surface area contributed by atoms with Gasteiger partial charge in [-0.05, 0) is 47.5 Å². The van der Waals surface area contributed by atoms with Crippen molar-refractivity contribution < 1.29 is 0 Å². The summed E-state index contributed by atoms with van der Waals surface area (Å²) in [6.45, 7) is 0. The van der Waals surface area contributed by atoms with Gasteiger partial charge in [-0.2, -0.15) is 0 Å². The van der Waals surface area contributed by atoms with Crippen LogP contribution in [0.15, 0.2) is 88.8 Å². The molecule has 3 aromatic rings. The molecule has 126 valence electrons. The number of aliphatic imine (C=N–C) groups is 1. The molecule has 3 rings (SSSR count). The normalized spacial score (nSPS) is 11.0. The van der Waals surface area contributed by atoms with Crippen LogP contribution in [-0.2, 0) is 5.75 Å². The quantitative estimate of drug-likeness (QED) is 0.414. The Morgan fingerprint density at radius 2 is 1.52 bits per heavy atom. The van der Waals surface area contributed by atoms with Crippen molar-refractivity contribution in [2.24, 2.45) is 4.99 Å². The van der Waals surface area contributed by atoms with Crippen LogP contribution in [0.5, 0.6) is 0 Å². The highest BCUT2D eigenvalue weighted by atomic mass is 32.2. The zero-order valence-electron chi connectivity index (χ0n) is 14.6. The first-order chi connectivity index (χ1) is 12.2. The van der Waals surface area contributed by atoms with Gasteiger partial charge in [0, 0.05) is 36.6 Å². The van der Waals surface area contributed by atoms with E-state index in [-0.39, 0.29) is 0 Å². The predicted octanol–water partition coefficient (Wildman–Crippen LogP) is 5.80. The van der Waals surface area contributed by atoms with Crippen LogP contribution in [0.1, 0.15) is 11.1 Å². The van der Waals surface area contributed by atoms with Gasteiger partial charge in [0.1, 0.15) is 0 Å². The Morgan fingerprint density at radius 3 is 2.16 bits per heavy atom. The second-order valence-electron chi connectivity index (χ2n) is 6.01. The molecule has 0 bridgehead atoms. The molecule has 2 nitrogen and oxygen atoms in total. The molecule has 3 heteroatoms. The predicted molar refractivity (Wildman–Crippen MR) is 110 cm³/mol. The summed E-state index contributed by atoms with van der Waals surface area (Å²) in [5.41, 5.74) is 4.58. The second kappa shape index (κ2) is 8.54. The lowest BCUT2D eigenvalue weighted by Crippen LogP contribution is -2.08. The molecule has 0 amide bonds. The van der Waals surface area contributed by atoms with E-state index in [1.54, 1.807) is 0 Å². The van der Waals surface area contributed by atoms with Gasteiger partial charge in [0.2, 0.25) is 0 Å². The minimum Gasteiger partial charge on any atom is -0.378 e. The van der Waals surface area contributed by atoms with E-state index in [0.29, 0.717) is 0 Å².